The average Bonchev–Trinajstić information content (AvgIpc) is 2.63. The molecule has 0 radical (unpaired) electrons. The molecule has 0 aliphatic carbocycles. The first-order valence-corrected chi connectivity index (χ1v) is 8.15. The molecule has 0 atom stereocenters. The molecule has 0 saturated carbocycles. The number of hydrogen-bond acceptors (Lipinski definition) is 7. The highest BCUT2D eigenvalue weighted by Gasteiger charge is 2.14. The highest BCUT2D eigenvalue weighted by atomic mass is 35.5. The van der Waals surface area contributed by atoms with Crippen LogP contribution >= 0.6 is 11.6 Å². The zero-order valence-corrected chi connectivity index (χ0v) is 14.7. The van der Waals surface area contributed by atoms with Gasteiger partial charge in [-0.25, -0.2) is 4.79 Å². The number of nitro groups is 1. The molecule has 2 rings (SSSR count). The Morgan fingerprint density at radius 1 is 1.15 bits per heavy atom. The van der Waals surface area contributed by atoms with Crippen molar-refractivity contribution in [1.82, 2.24) is 5.32 Å². The Bertz CT molecular complexity index is 841. The molecular weight excluding hydrogens is 378 g/mol. The monoisotopic (exact) mass is 393 g/mol. The molecule has 2 aromatic carbocycles. The van der Waals surface area contributed by atoms with E-state index >= 15 is 0 Å². The van der Waals surface area contributed by atoms with E-state index in [2.05, 4.69) is 10.6 Å². The molecule has 0 aliphatic heterocycles. The van der Waals surface area contributed by atoms with E-state index in [1.807, 2.05) is 0 Å². The summed E-state index contributed by atoms with van der Waals surface area (Å²) in [5.74, 6) is -1.69. The van der Waals surface area contributed by atoms with Crippen molar-refractivity contribution < 1.29 is 24.4 Å². The van der Waals surface area contributed by atoms with Gasteiger partial charge in [0, 0.05) is 35.9 Å². The molecule has 2 aromatic rings. The number of hydrogen-bond donors (Lipinski definition) is 3. The van der Waals surface area contributed by atoms with E-state index in [1.165, 1.54) is 30.3 Å². The number of nitrogens with zero attached hydrogens (tertiary/aromatic N) is 1. The summed E-state index contributed by atoms with van der Waals surface area (Å²) in [5.41, 5.74) is 0.564. The Labute approximate surface area is 159 Å². The number of benzene rings is 2. The van der Waals surface area contributed by atoms with Crippen LogP contribution in [0.3, 0.4) is 0 Å². The summed E-state index contributed by atoms with van der Waals surface area (Å²) in [5, 5.41) is 26.0. The molecule has 0 heterocycles. The van der Waals surface area contributed by atoms with Gasteiger partial charge >= 0.3 is 5.97 Å². The minimum absolute atomic E-state index is 0.0117. The Kier molecular flexibility index (Phi) is 6.95. The molecule has 3 N–H and O–H groups in total. The van der Waals surface area contributed by atoms with Crippen molar-refractivity contribution in [2.45, 2.75) is 0 Å². The van der Waals surface area contributed by atoms with Gasteiger partial charge in [0.15, 0.2) is 6.61 Å². The minimum Gasteiger partial charge on any atom is -0.507 e. The number of nitrogens with one attached hydrogen (secondary N) is 2. The minimum atomic E-state index is -0.844. The average molecular weight is 394 g/mol. The Balaban J connectivity index is 1.68. The third-order valence-electron chi connectivity index (χ3n) is 3.37. The van der Waals surface area contributed by atoms with Crippen molar-refractivity contribution >= 4 is 34.9 Å². The molecule has 0 bridgehead atoms. The summed E-state index contributed by atoms with van der Waals surface area (Å²) >= 11 is 5.67. The fourth-order valence-electron chi connectivity index (χ4n) is 2.05. The van der Waals surface area contributed by atoms with Gasteiger partial charge in [-0.05, 0) is 30.3 Å². The number of carbonyl (C=O) groups excluding carboxylic acids is 2. The number of aromatic hydroxyl groups is 1. The number of amides is 1. The topological polar surface area (TPSA) is 131 Å². The van der Waals surface area contributed by atoms with Gasteiger partial charge < -0.3 is 20.5 Å². The second-order valence-electron chi connectivity index (χ2n) is 5.32. The number of non-ortho nitro benzene ring substituents is 1. The van der Waals surface area contributed by atoms with Crippen molar-refractivity contribution in [2.75, 3.05) is 25.0 Å². The highest BCUT2D eigenvalue weighted by Crippen LogP contribution is 2.22. The maximum Gasteiger partial charge on any atom is 0.342 e. The second-order valence-corrected chi connectivity index (χ2v) is 5.75. The molecule has 0 unspecified atom stereocenters. The van der Waals surface area contributed by atoms with Gasteiger partial charge in [-0.1, -0.05) is 11.6 Å². The van der Waals surface area contributed by atoms with E-state index in [-0.39, 0.29) is 28.6 Å². The highest BCUT2D eigenvalue weighted by molar-refractivity contribution is 6.30. The van der Waals surface area contributed by atoms with Crippen LogP contribution in [0.2, 0.25) is 5.02 Å². The van der Waals surface area contributed by atoms with E-state index in [9.17, 15) is 24.8 Å². The Hall–Kier alpha value is -3.33. The molecule has 0 fully saturated rings. The quantitative estimate of drug-likeness (QED) is 0.271. The first kappa shape index (κ1) is 20.0. The van der Waals surface area contributed by atoms with E-state index in [1.54, 1.807) is 12.1 Å². The van der Waals surface area contributed by atoms with Crippen LogP contribution in [0.5, 0.6) is 5.75 Å². The number of ether oxygens (including phenoxy) is 1. The van der Waals surface area contributed by atoms with Crippen LogP contribution in [0.1, 0.15) is 10.4 Å². The fourth-order valence-corrected chi connectivity index (χ4v) is 2.21. The molecule has 142 valence electrons. The number of phenols is 1. The number of esters is 1. The molecule has 10 heteroatoms. The van der Waals surface area contributed by atoms with Crippen LogP contribution in [-0.4, -0.2) is 41.6 Å². The van der Waals surface area contributed by atoms with Gasteiger partial charge in [0.05, 0.1) is 4.92 Å². The molecule has 0 spiro atoms. The number of phenolic OH excluding ortho intramolecular Hbond substituents is 1. The van der Waals surface area contributed by atoms with E-state index in [0.29, 0.717) is 12.2 Å². The maximum absolute atomic E-state index is 11.8. The predicted octanol–water partition coefficient (Wildman–Crippen LogP) is 2.34. The molecule has 1 amide bonds. The number of carbonyl (C=O) groups is 2. The van der Waals surface area contributed by atoms with E-state index in [0.717, 1.165) is 0 Å². The Morgan fingerprint density at radius 3 is 2.48 bits per heavy atom. The third-order valence-corrected chi connectivity index (χ3v) is 3.60. The van der Waals surface area contributed by atoms with Gasteiger partial charge in [0.25, 0.3) is 11.6 Å². The summed E-state index contributed by atoms with van der Waals surface area (Å²) in [6.45, 7) is 0.119. The van der Waals surface area contributed by atoms with Crippen molar-refractivity contribution in [3.8, 4) is 5.75 Å². The summed E-state index contributed by atoms with van der Waals surface area (Å²) in [4.78, 5) is 33.6. The van der Waals surface area contributed by atoms with E-state index < -0.39 is 23.4 Å². The molecule has 27 heavy (non-hydrogen) atoms. The summed E-state index contributed by atoms with van der Waals surface area (Å²) in [7, 11) is 0. The van der Waals surface area contributed by atoms with Crippen LogP contribution in [-0.2, 0) is 9.53 Å². The number of halogens is 1. The first-order valence-electron chi connectivity index (χ1n) is 7.77. The molecule has 9 nitrogen and oxygen atoms in total. The lowest BCUT2D eigenvalue weighted by Crippen LogP contribution is -2.32. The smallest absolute Gasteiger partial charge is 0.342 e. The van der Waals surface area contributed by atoms with Gasteiger partial charge in [0.1, 0.15) is 11.3 Å². The van der Waals surface area contributed by atoms with Crippen LogP contribution in [0, 0.1) is 10.1 Å². The largest absolute Gasteiger partial charge is 0.507 e. The SMILES string of the molecule is O=C(COC(=O)c1ccc(Cl)cc1O)NCCNc1ccc([N+](=O)[O-])cc1. The Morgan fingerprint density at radius 2 is 1.85 bits per heavy atom. The van der Waals surface area contributed by atoms with Crippen molar-refractivity contribution in [1.29, 1.82) is 0 Å². The lowest BCUT2D eigenvalue weighted by Gasteiger charge is -2.09. The summed E-state index contributed by atoms with van der Waals surface area (Å²) < 4.78 is 4.82. The zero-order valence-electron chi connectivity index (χ0n) is 14.0. The van der Waals surface area contributed by atoms with E-state index in [4.69, 9.17) is 16.3 Å². The summed E-state index contributed by atoms with van der Waals surface area (Å²) in [6.07, 6.45) is 0. The molecule has 0 saturated heterocycles. The van der Waals surface area contributed by atoms with Gasteiger partial charge in [-0.15, -0.1) is 0 Å². The van der Waals surface area contributed by atoms with Crippen LogP contribution < -0.4 is 10.6 Å². The first-order chi connectivity index (χ1) is 12.9. The molecule has 0 aliphatic rings. The fraction of sp³-hybridized carbons (Fsp3) is 0.176. The van der Waals surface area contributed by atoms with Crippen molar-refractivity contribution in [2.24, 2.45) is 0 Å². The second kappa shape index (κ2) is 9.39. The third kappa shape index (κ3) is 6.15. The molecule has 0 aromatic heterocycles. The lowest BCUT2D eigenvalue weighted by molar-refractivity contribution is -0.384. The number of nitro benzene ring substituents is 1. The van der Waals surface area contributed by atoms with Crippen LogP contribution in [0.4, 0.5) is 11.4 Å². The standard InChI is InChI=1S/C17H16ClN3O6/c18-11-1-6-14(15(22)9-11)17(24)27-10-16(23)20-8-7-19-12-2-4-13(5-3-12)21(25)26/h1-6,9,19,22H,7-8,10H2,(H,20,23). The van der Waals surface area contributed by atoms with Crippen LogP contribution in [0.25, 0.3) is 0 Å². The van der Waals surface area contributed by atoms with Gasteiger partial charge in [-0.3, -0.25) is 14.9 Å². The lowest BCUT2D eigenvalue weighted by atomic mass is 10.2. The zero-order chi connectivity index (χ0) is 19.8. The van der Waals surface area contributed by atoms with Crippen LogP contribution in [0.15, 0.2) is 42.5 Å². The van der Waals surface area contributed by atoms with Gasteiger partial charge in [-0.2, -0.15) is 0 Å². The normalized spacial score (nSPS) is 10.1. The number of anilines is 1. The van der Waals surface area contributed by atoms with Gasteiger partial charge in [0.2, 0.25) is 0 Å². The predicted molar refractivity (Wildman–Crippen MR) is 98.0 cm³/mol. The number of rotatable bonds is 8. The maximum atomic E-state index is 11.8. The van der Waals surface area contributed by atoms with Crippen molar-refractivity contribution in [3.05, 3.63) is 63.2 Å². The molecular formula is C17H16ClN3O6. The van der Waals surface area contributed by atoms with Crippen molar-refractivity contribution in [3.63, 3.8) is 0 Å². The summed E-state index contributed by atoms with van der Waals surface area (Å²) in [6, 6.07) is 9.76.